The second-order valence-electron chi connectivity index (χ2n) is 8.56. The summed E-state index contributed by atoms with van der Waals surface area (Å²) < 4.78 is 1.97. The number of nitrogens with zero attached hydrogens (tertiary/aromatic N) is 2. The first-order valence-corrected chi connectivity index (χ1v) is 11.6. The molecule has 0 amide bonds. The lowest BCUT2D eigenvalue weighted by Gasteiger charge is -2.27. The van der Waals surface area contributed by atoms with Crippen molar-refractivity contribution in [2.45, 2.75) is 59.4 Å². The number of thiocarbonyl (C=S) groups is 1. The molecule has 2 N–H and O–H groups in total. The first-order chi connectivity index (χ1) is 14.5. The molecule has 6 heteroatoms. The highest BCUT2D eigenvalue weighted by Gasteiger charge is 2.23. The van der Waals surface area contributed by atoms with Crippen LogP contribution < -0.4 is 16.2 Å². The van der Waals surface area contributed by atoms with E-state index >= 15 is 0 Å². The summed E-state index contributed by atoms with van der Waals surface area (Å²) >= 11 is 5.28. The number of aromatic nitrogens is 1. The molecule has 0 saturated carbocycles. The molecule has 1 unspecified atom stereocenters. The van der Waals surface area contributed by atoms with Crippen molar-refractivity contribution < 1.29 is 0 Å². The Labute approximate surface area is 185 Å². The maximum absolute atomic E-state index is 13.3. The minimum atomic E-state index is 0.145. The normalized spacial score (nSPS) is 18.1. The highest BCUT2D eigenvalue weighted by molar-refractivity contribution is 7.80. The highest BCUT2D eigenvalue weighted by Crippen LogP contribution is 2.18. The number of fused-ring (bicyclic) bond motifs is 1. The van der Waals surface area contributed by atoms with Gasteiger partial charge in [-0.2, -0.15) is 0 Å². The zero-order valence-corrected chi connectivity index (χ0v) is 19.2. The fourth-order valence-corrected chi connectivity index (χ4v) is 4.03. The zero-order chi connectivity index (χ0) is 21.5. The van der Waals surface area contributed by atoms with Gasteiger partial charge in [-0.25, -0.2) is 0 Å². The van der Waals surface area contributed by atoms with Gasteiger partial charge in [-0.3, -0.25) is 9.79 Å². The van der Waals surface area contributed by atoms with E-state index < -0.39 is 0 Å². The van der Waals surface area contributed by atoms with Crippen LogP contribution in [0.2, 0.25) is 0 Å². The van der Waals surface area contributed by atoms with Gasteiger partial charge in [-0.15, -0.1) is 0 Å². The van der Waals surface area contributed by atoms with E-state index in [2.05, 4.69) is 49.6 Å². The van der Waals surface area contributed by atoms with Gasteiger partial charge in [-0.05, 0) is 61.3 Å². The second-order valence-corrected chi connectivity index (χ2v) is 8.97. The molecule has 1 aliphatic rings. The Balaban J connectivity index is 1.82. The van der Waals surface area contributed by atoms with Crippen LogP contribution in [0.5, 0.6) is 0 Å². The summed E-state index contributed by atoms with van der Waals surface area (Å²) in [5, 5.41) is 8.25. The van der Waals surface area contributed by atoms with Crippen molar-refractivity contribution in [2.75, 3.05) is 13.1 Å². The van der Waals surface area contributed by atoms with Crippen molar-refractivity contribution in [1.29, 1.82) is 0 Å². The number of aryl methyl sites for hydroxylation is 2. The van der Waals surface area contributed by atoms with E-state index in [0.29, 0.717) is 11.0 Å². The van der Waals surface area contributed by atoms with Crippen LogP contribution in [-0.2, 0) is 13.0 Å². The molecule has 162 valence electrons. The fourth-order valence-electron chi connectivity index (χ4n) is 3.85. The van der Waals surface area contributed by atoms with Gasteiger partial charge in [-0.1, -0.05) is 45.4 Å². The van der Waals surface area contributed by atoms with E-state index in [1.165, 1.54) is 0 Å². The topological polar surface area (TPSA) is 58.4 Å². The van der Waals surface area contributed by atoms with Crippen LogP contribution >= 0.6 is 12.2 Å². The standard InChI is InChI=1S/C24H34N4OS/c1-4-5-13-25-22-20(16-26-24(30)27-22)11-10-19-15-18-8-6-7-9-21(18)28(23(19)29)14-12-17(2)3/h6-9,15,17,20H,4-5,10-14,16H2,1-3H3,(H2,25,26,27,30). The third kappa shape index (κ3) is 5.69. The molecule has 0 aliphatic carbocycles. The van der Waals surface area contributed by atoms with Gasteiger partial charge >= 0.3 is 0 Å². The molecule has 1 aromatic carbocycles. The molecular formula is C24H34N4OS. The average molecular weight is 427 g/mol. The Morgan fingerprint density at radius 2 is 2.10 bits per heavy atom. The van der Waals surface area contributed by atoms with Crippen LogP contribution in [0.4, 0.5) is 0 Å². The first kappa shape index (κ1) is 22.5. The predicted molar refractivity (Wildman–Crippen MR) is 130 cm³/mol. The van der Waals surface area contributed by atoms with Crippen LogP contribution in [0.15, 0.2) is 40.1 Å². The van der Waals surface area contributed by atoms with Gasteiger partial charge in [0.05, 0.1) is 5.52 Å². The number of amidine groups is 1. The third-order valence-electron chi connectivity index (χ3n) is 5.70. The van der Waals surface area contributed by atoms with E-state index in [0.717, 1.165) is 74.0 Å². The van der Waals surface area contributed by atoms with Crippen LogP contribution in [0.1, 0.15) is 52.0 Å². The molecule has 1 aromatic heterocycles. The minimum absolute atomic E-state index is 0.145. The molecule has 2 heterocycles. The summed E-state index contributed by atoms with van der Waals surface area (Å²) in [5.41, 5.74) is 2.06. The number of hydrogen-bond acceptors (Lipinski definition) is 3. The molecular weight excluding hydrogens is 392 g/mol. The van der Waals surface area contributed by atoms with Crippen molar-refractivity contribution in [3.8, 4) is 0 Å². The molecule has 1 aliphatic heterocycles. The van der Waals surface area contributed by atoms with Crippen LogP contribution in [0, 0.1) is 11.8 Å². The SMILES string of the molecule is CCCCN=C1NC(=S)NCC1CCc1cc2ccccc2n(CCC(C)C)c1=O. The number of nitrogens with one attached hydrogen (secondary N) is 2. The number of unbranched alkanes of at least 4 members (excludes halogenated alkanes) is 1. The van der Waals surface area contributed by atoms with E-state index in [1.807, 2.05) is 16.7 Å². The van der Waals surface area contributed by atoms with E-state index in [4.69, 9.17) is 17.2 Å². The Morgan fingerprint density at radius 3 is 2.87 bits per heavy atom. The number of rotatable bonds is 9. The Morgan fingerprint density at radius 1 is 1.30 bits per heavy atom. The maximum Gasteiger partial charge on any atom is 0.254 e. The minimum Gasteiger partial charge on any atom is -0.362 e. The first-order valence-electron chi connectivity index (χ1n) is 11.2. The summed E-state index contributed by atoms with van der Waals surface area (Å²) in [4.78, 5) is 18.0. The second kappa shape index (κ2) is 10.7. The lowest BCUT2D eigenvalue weighted by Crippen LogP contribution is -2.52. The molecule has 0 radical (unpaired) electrons. The van der Waals surface area contributed by atoms with Crippen LogP contribution in [0.25, 0.3) is 10.9 Å². The summed E-state index contributed by atoms with van der Waals surface area (Å²) in [5.74, 6) is 1.76. The van der Waals surface area contributed by atoms with Crippen molar-refractivity contribution >= 4 is 34.1 Å². The van der Waals surface area contributed by atoms with Crippen LogP contribution in [-0.4, -0.2) is 28.6 Å². The summed E-state index contributed by atoms with van der Waals surface area (Å²) in [6.07, 6.45) is 4.79. The Bertz CT molecular complexity index is 963. The van der Waals surface area contributed by atoms with Gasteiger partial charge < -0.3 is 15.2 Å². The predicted octanol–water partition coefficient (Wildman–Crippen LogP) is 4.27. The third-order valence-corrected chi connectivity index (χ3v) is 5.95. The van der Waals surface area contributed by atoms with Crippen molar-refractivity contribution in [1.82, 2.24) is 15.2 Å². The summed E-state index contributed by atoms with van der Waals surface area (Å²) in [6, 6.07) is 10.3. The molecule has 0 bridgehead atoms. The monoisotopic (exact) mass is 426 g/mol. The number of hydrogen-bond donors (Lipinski definition) is 2. The van der Waals surface area contributed by atoms with Crippen LogP contribution in [0.3, 0.4) is 0 Å². The summed E-state index contributed by atoms with van der Waals surface area (Å²) in [6.45, 7) is 8.91. The molecule has 1 saturated heterocycles. The highest BCUT2D eigenvalue weighted by atomic mass is 32.1. The molecule has 3 rings (SSSR count). The van der Waals surface area contributed by atoms with Gasteiger partial charge in [0.1, 0.15) is 5.84 Å². The average Bonchev–Trinajstić information content (AvgIpc) is 2.72. The maximum atomic E-state index is 13.3. The number of aliphatic imine (C=N–C) groups is 1. The Hall–Kier alpha value is -2.21. The molecule has 2 aromatic rings. The smallest absolute Gasteiger partial charge is 0.254 e. The van der Waals surface area contributed by atoms with Gasteiger partial charge in [0.25, 0.3) is 5.56 Å². The van der Waals surface area contributed by atoms with E-state index in [9.17, 15) is 4.79 Å². The van der Waals surface area contributed by atoms with Gasteiger partial charge in [0, 0.05) is 31.1 Å². The van der Waals surface area contributed by atoms with Gasteiger partial charge in [0.15, 0.2) is 5.11 Å². The number of benzene rings is 1. The van der Waals surface area contributed by atoms with Crippen molar-refractivity contribution in [3.63, 3.8) is 0 Å². The largest absolute Gasteiger partial charge is 0.362 e. The van der Waals surface area contributed by atoms with Crippen molar-refractivity contribution in [2.24, 2.45) is 16.8 Å². The summed E-state index contributed by atoms with van der Waals surface area (Å²) in [7, 11) is 0. The van der Waals surface area contributed by atoms with Crippen molar-refractivity contribution in [3.05, 3.63) is 46.2 Å². The van der Waals surface area contributed by atoms with Gasteiger partial charge in [0.2, 0.25) is 0 Å². The number of pyridine rings is 1. The zero-order valence-electron chi connectivity index (χ0n) is 18.4. The quantitative estimate of drug-likeness (QED) is 0.464. The molecule has 30 heavy (non-hydrogen) atoms. The molecule has 1 atom stereocenters. The molecule has 0 spiro atoms. The fraction of sp³-hybridized carbons (Fsp3) is 0.542. The van der Waals surface area contributed by atoms with E-state index in [1.54, 1.807) is 0 Å². The lowest BCUT2D eigenvalue weighted by molar-refractivity contribution is 0.513. The molecule has 5 nitrogen and oxygen atoms in total. The Kier molecular flexibility index (Phi) is 8.02. The van der Waals surface area contributed by atoms with E-state index in [-0.39, 0.29) is 11.5 Å². The molecule has 1 fully saturated rings. The lowest BCUT2D eigenvalue weighted by atomic mass is 9.96. The number of para-hydroxylation sites is 1.